The van der Waals surface area contributed by atoms with Crippen molar-refractivity contribution in [2.75, 3.05) is 4.90 Å². The number of hydrogen-bond donors (Lipinski definition) is 0. The highest BCUT2D eigenvalue weighted by Gasteiger charge is 2.18. The first-order valence-corrected chi connectivity index (χ1v) is 23.6. The number of para-hydroxylation sites is 2. The molecule has 3 nitrogen and oxygen atoms in total. The van der Waals surface area contributed by atoms with Gasteiger partial charge in [0.25, 0.3) is 0 Å². The van der Waals surface area contributed by atoms with Crippen LogP contribution in [0.3, 0.4) is 0 Å². The molecule has 0 saturated carbocycles. The second-order valence-corrected chi connectivity index (χ2v) is 18.1. The number of hydrogen-bond acceptors (Lipinski definition) is 2. The van der Waals surface area contributed by atoms with E-state index in [1.165, 1.54) is 59.9 Å². The first-order valence-electron chi connectivity index (χ1n) is 23.6. The molecule has 0 saturated heterocycles. The summed E-state index contributed by atoms with van der Waals surface area (Å²) in [6, 6.07) is 92.5. The van der Waals surface area contributed by atoms with Crippen molar-refractivity contribution in [3.63, 3.8) is 0 Å². The van der Waals surface area contributed by atoms with Crippen molar-refractivity contribution in [2.24, 2.45) is 0 Å². The van der Waals surface area contributed by atoms with Crippen LogP contribution in [0.15, 0.2) is 259 Å². The second-order valence-electron chi connectivity index (χ2n) is 18.1. The van der Waals surface area contributed by atoms with Crippen molar-refractivity contribution in [1.29, 1.82) is 0 Å². The molecule has 14 rings (SSSR count). The quantitative estimate of drug-likeness (QED) is 0.149. The Morgan fingerprint density at radius 1 is 0.275 bits per heavy atom. The van der Waals surface area contributed by atoms with E-state index >= 15 is 0 Å². The Morgan fingerprint density at radius 2 is 0.768 bits per heavy atom. The molecule has 3 heteroatoms. The van der Waals surface area contributed by atoms with Gasteiger partial charge >= 0.3 is 0 Å². The van der Waals surface area contributed by atoms with Crippen LogP contribution in [0.4, 0.5) is 17.1 Å². The lowest BCUT2D eigenvalue weighted by atomic mass is 9.97. The van der Waals surface area contributed by atoms with E-state index in [0.29, 0.717) is 0 Å². The predicted octanol–water partition coefficient (Wildman–Crippen LogP) is 18.6. The van der Waals surface area contributed by atoms with Gasteiger partial charge in [0.1, 0.15) is 11.2 Å². The number of nitrogens with zero attached hydrogens (tertiary/aromatic N) is 2. The Balaban J connectivity index is 0.853. The highest BCUT2D eigenvalue weighted by molar-refractivity contribution is 6.15. The van der Waals surface area contributed by atoms with E-state index in [9.17, 15) is 0 Å². The highest BCUT2D eigenvalue weighted by Crippen LogP contribution is 2.41. The molecule has 0 spiro atoms. The standard InChI is InChI=1S/C66H42N2O/c1-3-17-56-45(11-1)23-24-51-39-49(30-36-57(51)56)44-27-34-53(35-28-44)67(54-15-10-14-48(41-54)50-31-37-61-62-38-29-46-12-2-4-18-58(46)66(62)69-65(61)42-50)52-32-25-43(26-33-52)47-13-9-16-55(40-47)68-63-21-7-5-19-59(63)60-20-6-8-22-64(60)68/h1-42H. The Labute approximate surface area is 399 Å². The first-order chi connectivity index (χ1) is 34.2. The van der Waals surface area contributed by atoms with Crippen LogP contribution in [0, 0.1) is 0 Å². The maximum atomic E-state index is 6.64. The molecule has 0 aliphatic carbocycles. The van der Waals surface area contributed by atoms with Crippen molar-refractivity contribution in [2.45, 2.75) is 0 Å². The van der Waals surface area contributed by atoms with E-state index in [1.54, 1.807) is 0 Å². The second kappa shape index (κ2) is 15.7. The maximum absolute atomic E-state index is 6.64. The molecule has 0 N–H and O–H groups in total. The van der Waals surface area contributed by atoms with Gasteiger partial charge in [-0.05, 0) is 145 Å². The zero-order chi connectivity index (χ0) is 45.4. The molecule has 0 aliphatic heterocycles. The lowest BCUT2D eigenvalue weighted by Crippen LogP contribution is -2.10. The lowest BCUT2D eigenvalue weighted by Gasteiger charge is -2.26. The Morgan fingerprint density at radius 3 is 1.48 bits per heavy atom. The molecule has 14 aromatic rings. The Kier molecular flexibility index (Phi) is 8.90. The van der Waals surface area contributed by atoms with Crippen LogP contribution < -0.4 is 4.90 Å². The molecule has 0 atom stereocenters. The summed E-state index contributed by atoms with van der Waals surface area (Å²) < 4.78 is 9.02. The van der Waals surface area contributed by atoms with Crippen LogP contribution in [0.25, 0.3) is 115 Å². The zero-order valence-electron chi connectivity index (χ0n) is 37.6. The van der Waals surface area contributed by atoms with Gasteiger partial charge in [-0.25, -0.2) is 0 Å². The van der Waals surface area contributed by atoms with Crippen molar-refractivity contribution >= 4 is 93.1 Å². The molecule has 12 aromatic carbocycles. The molecular weight excluding hydrogens is 837 g/mol. The van der Waals surface area contributed by atoms with E-state index < -0.39 is 0 Å². The fourth-order valence-electron chi connectivity index (χ4n) is 10.8. The number of benzene rings is 12. The van der Waals surface area contributed by atoms with Crippen LogP contribution >= 0.6 is 0 Å². The minimum atomic E-state index is 0.886. The van der Waals surface area contributed by atoms with E-state index in [-0.39, 0.29) is 0 Å². The fourth-order valence-corrected chi connectivity index (χ4v) is 10.8. The van der Waals surface area contributed by atoms with E-state index in [0.717, 1.165) is 72.3 Å². The van der Waals surface area contributed by atoms with Crippen LogP contribution in [0.2, 0.25) is 0 Å². The third-order valence-corrected chi connectivity index (χ3v) is 14.1. The van der Waals surface area contributed by atoms with Gasteiger partial charge in [0.05, 0.1) is 11.0 Å². The Hall–Kier alpha value is -9.18. The number of furan rings is 1. The normalized spacial score (nSPS) is 11.8. The smallest absolute Gasteiger partial charge is 0.143 e. The molecule has 0 aliphatic rings. The summed E-state index contributed by atoms with van der Waals surface area (Å²) in [7, 11) is 0. The molecule has 322 valence electrons. The molecule has 0 radical (unpaired) electrons. The maximum Gasteiger partial charge on any atom is 0.143 e. The fraction of sp³-hybridized carbons (Fsp3) is 0. The number of fused-ring (bicyclic) bond motifs is 11. The Bertz CT molecular complexity index is 4260. The van der Waals surface area contributed by atoms with Crippen LogP contribution in [0.1, 0.15) is 0 Å². The topological polar surface area (TPSA) is 21.3 Å². The molecule has 0 fully saturated rings. The minimum Gasteiger partial charge on any atom is -0.455 e. The van der Waals surface area contributed by atoms with Crippen molar-refractivity contribution in [1.82, 2.24) is 4.57 Å². The van der Waals surface area contributed by atoms with E-state index in [4.69, 9.17) is 4.42 Å². The predicted molar refractivity (Wildman–Crippen MR) is 292 cm³/mol. The average molecular weight is 879 g/mol. The summed E-state index contributed by atoms with van der Waals surface area (Å²) in [6.45, 7) is 0. The van der Waals surface area contributed by atoms with E-state index in [1.807, 2.05) is 0 Å². The summed E-state index contributed by atoms with van der Waals surface area (Å²) in [5, 5.41) is 12.1. The van der Waals surface area contributed by atoms with Crippen molar-refractivity contribution in [3.05, 3.63) is 255 Å². The molecule has 2 heterocycles. The van der Waals surface area contributed by atoms with Crippen molar-refractivity contribution < 1.29 is 4.42 Å². The summed E-state index contributed by atoms with van der Waals surface area (Å²) in [6.07, 6.45) is 0. The molecular formula is C66H42N2O. The van der Waals surface area contributed by atoms with Gasteiger partial charge in [0.2, 0.25) is 0 Å². The lowest BCUT2D eigenvalue weighted by molar-refractivity contribution is 0.673. The van der Waals surface area contributed by atoms with Gasteiger partial charge in [-0.1, -0.05) is 170 Å². The van der Waals surface area contributed by atoms with Gasteiger partial charge in [0.15, 0.2) is 0 Å². The third-order valence-electron chi connectivity index (χ3n) is 14.1. The molecule has 0 unspecified atom stereocenters. The van der Waals surface area contributed by atoms with Gasteiger partial charge in [-0.15, -0.1) is 0 Å². The average Bonchev–Trinajstić information content (AvgIpc) is 3.97. The molecule has 0 bridgehead atoms. The molecule has 69 heavy (non-hydrogen) atoms. The minimum absolute atomic E-state index is 0.886. The van der Waals surface area contributed by atoms with Gasteiger partial charge in [-0.3, -0.25) is 0 Å². The first kappa shape index (κ1) is 39.0. The summed E-state index contributed by atoms with van der Waals surface area (Å²) in [4.78, 5) is 2.37. The van der Waals surface area contributed by atoms with Crippen LogP contribution in [-0.4, -0.2) is 4.57 Å². The van der Waals surface area contributed by atoms with E-state index in [2.05, 4.69) is 264 Å². The van der Waals surface area contributed by atoms with Crippen LogP contribution in [-0.2, 0) is 0 Å². The zero-order valence-corrected chi connectivity index (χ0v) is 37.6. The SMILES string of the molecule is c1cc(-c2ccc3c(c2)oc2c4ccccc4ccc32)cc(N(c2ccc(-c3cccc(-n4c5ccccc5c5ccccc54)c3)cc2)c2ccc(-c3ccc4c(ccc5ccccc54)c3)cc2)c1. The van der Waals surface area contributed by atoms with Crippen LogP contribution in [0.5, 0.6) is 0 Å². The van der Waals surface area contributed by atoms with Gasteiger partial charge in [-0.2, -0.15) is 0 Å². The molecule has 2 aromatic heterocycles. The third kappa shape index (κ3) is 6.51. The summed E-state index contributed by atoms with van der Waals surface area (Å²) in [5.74, 6) is 0. The van der Waals surface area contributed by atoms with Crippen molar-refractivity contribution in [3.8, 4) is 39.1 Å². The van der Waals surface area contributed by atoms with Gasteiger partial charge < -0.3 is 13.9 Å². The monoisotopic (exact) mass is 878 g/mol. The van der Waals surface area contributed by atoms with Gasteiger partial charge in [0, 0.05) is 49.7 Å². The largest absolute Gasteiger partial charge is 0.455 e. The molecule has 0 amide bonds. The summed E-state index contributed by atoms with van der Waals surface area (Å²) >= 11 is 0. The highest BCUT2D eigenvalue weighted by atomic mass is 16.3. The number of aromatic nitrogens is 1. The number of rotatable bonds is 7. The number of anilines is 3. The summed E-state index contributed by atoms with van der Waals surface area (Å²) in [5.41, 5.74) is 15.5.